The molecule has 0 spiro atoms. The molecule has 2 aromatic rings. The number of carbonyl (C=O) groups is 1. The number of amides is 1. The molecule has 25 heavy (non-hydrogen) atoms. The fourth-order valence-corrected chi connectivity index (χ4v) is 2.49. The van der Waals surface area contributed by atoms with Crippen molar-refractivity contribution in [1.82, 2.24) is 0 Å². The van der Waals surface area contributed by atoms with Gasteiger partial charge < -0.3 is 15.2 Å². The van der Waals surface area contributed by atoms with Crippen LogP contribution in [0.3, 0.4) is 0 Å². The molecule has 4 nitrogen and oxygen atoms in total. The molecule has 1 amide bonds. The summed E-state index contributed by atoms with van der Waals surface area (Å²) in [5.74, 6) is -3.02. The van der Waals surface area contributed by atoms with Gasteiger partial charge in [-0.05, 0) is 43.2 Å². The average molecular weight is 390 g/mol. The number of carbonyl (C=O) groups excluding carboxylic acids is 1. The Hall–Kier alpha value is -2.05. The first-order chi connectivity index (χ1) is 11.9. The SMILES string of the molecule is NC(=O)c1c(F)ccc(OCCCCOc2ccc(Cl)cc2Cl)c1F. The van der Waals surface area contributed by atoms with E-state index in [-0.39, 0.29) is 12.4 Å². The number of primary amides is 1. The van der Waals surface area contributed by atoms with Crippen molar-refractivity contribution in [2.75, 3.05) is 13.2 Å². The minimum Gasteiger partial charge on any atom is -0.492 e. The second-order valence-corrected chi connectivity index (χ2v) is 5.92. The van der Waals surface area contributed by atoms with E-state index in [1.807, 2.05) is 0 Å². The molecule has 8 heteroatoms. The van der Waals surface area contributed by atoms with E-state index in [1.54, 1.807) is 18.2 Å². The molecule has 0 heterocycles. The Morgan fingerprint density at radius 2 is 1.60 bits per heavy atom. The molecule has 0 aliphatic rings. The van der Waals surface area contributed by atoms with Gasteiger partial charge in [0.15, 0.2) is 11.6 Å². The highest BCUT2D eigenvalue weighted by molar-refractivity contribution is 6.35. The van der Waals surface area contributed by atoms with Crippen LogP contribution in [-0.2, 0) is 0 Å². The molecule has 0 bridgehead atoms. The molecular formula is C17H15Cl2F2NO3. The standard InChI is InChI=1S/C17H15Cl2F2NO3/c18-10-3-5-13(11(19)9-10)24-7-1-2-8-25-14-6-4-12(20)15(16(14)21)17(22)23/h3-6,9H,1-2,7-8H2,(H2,22,23). The first-order valence-corrected chi connectivity index (χ1v) is 8.14. The summed E-state index contributed by atoms with van der Waals surface area (Å²) in [5.41, 5.74) is 4.14. The minimum atomic E-state index is -1.19. The molecule has 134 valence electrons. The number of halogens is 4. The van der Waals surface area contributed by atoms with E-state index in [2.05, 4.69) is 0 Å². The summed E-state index contributed by atoms with van der Waals surface area (Å²) in [6.45, 7) is 0.543. The molecule has 0 saturated heterocycles. The summed E-state index contributed by atoms with van der Waals surface area (Å²) < 4.78 is 38.0. The summed E-state index contributed by atoms with van der Waals surface area (Å²) in [6.07, 6.45) is 1.17. The van der Waals surface area contributed by atoms with Crippen LogP contribution in [-0.4, -0.2) is 19.1 Å². The van der Waals surface area contributed by atoms with E-state index >= 15 is 0 Å². The highest BCUT2D eigenvalue weighted by atomic mass is 35.5. The molecule has 0 fully saturated rings. The smallest absolute Gasteiger partial charge is 0.254 e. The predicted octanol–water partition coefficient (Wildman–Crippen LogP) is 4.61. The third kappa shape index (κ3) is 5.21. The van der Waals surface area contributed by atoms with Gasteiger partial charge in [-0.15, -0.1) is 0 Å². The lowest BCUT2D eigenvalue weighted by Crippen LogP contribution is -2.16. The van der Waals surface area contributed by atoms with Gasteiger partial charge in [-0.3, -0.25) is 4.79 Å². The lowest BCUT2D eigenvalue weighted by molar-refractivity contribution is 0.0991. The van der Waals surface area contributed by atoms with Crippen LogP contribution < -0.4 is 15.2 Å². The van der Waals surface area contributed by atoms with E-state index in [9.17, 15) is 13.6 Å². The first kappa shape index (κ1) is 19.3. The second-order valence-electron chi connectivity index (χ2n) is 5.08. The lowest BCUT2D eigenvalue weighted by atomic mass is 10.1. The normalized spacial score (nSPS) is 10.6. The number of hydrogen-bond donors (Lipinski definition) is 1. The predicted molar refractivity (Wildman–Crippen MR) is 91.6 cm³/mol. The summed E-state index contributed by atoms with van der Waals surface area (Å²) in [7, 11) is 0. The topological polar surface area (TPSA) is 61.6 Å². The zero-order valence-corrected chi connectivity index (χ0v) is 14.5. The van der Waals surface area contributed by atoms with E-state index in [1.165, 1.54) is 0 Å². The van der Waals surface area contributed by atoms with E-state index in [0.29, 0.717) is 35.2 Å². The van der Waals surface area contributed by atoms with Crippen molar-refractivity contribution < 1.29 is 23.0 Å². The molecule has 0 saturated carbocycles. The van der Waals surface area contributed by atoms with E-state index < -0.39 is 23.1 Å². The Kier molecular flexibility index (Phi) is 6.84. The second kappa shape index (κ2) is 8.87. The number of unbranched alkanes of at least 4 members (excludes halogenated alkanes) is 1. The Morgan fingerprint density at radius 3 is 2.20 bits per heavy atom. The molecule has 2 N–H and O–H groups in total. The van der Waals surface area contributed by atoms with Crippen LogP contribution in [0.5, 0.6) is 11.5 Å². The first-order valence-electron chi connectivity index (χ1n) is 7.38. The molecule has 0 radical (unpaired) electrons. The summed E-state index contributed by atoms with van der Waals surface area (Å²) >= 11 is 11.8. The molecule has 0 aromatic heterocycles. The van der Waals surface area contributed by atoms with Crippen LogP contribution in [0, 0.1) is 11.6 Å². The van der Waals surface area contributed by atoms with Gasteiger partial charge in [-0.2, -0.15) is 0 Å². The number of hydrogen-bond acceptors (Lipinski definition) is 3. The largest absolute Gasteiger partial charge is 0.492 e. The third-order valence-corrected chi connectivity index (χ3v) is 3.78. The molecule has 0 aliphatic carbocycles. The van der Waals surface area contributed by atoms with Crippen molar-refractivity contribution in [3.05, 3.63) is 57.6 Å². The van der Waals surface area contributed by atoms with Gasteiger partial charge in [-0.1, -0.05) is 23.2 Å². The maximum Gasteiger partial charge on any atom is 0.254 e. The lowest BCUT2D eigenvalue weighted by Gasteiger charge is -2.10. The van der Waals surface area contributed by atoms with Crippen molar-refractivity contribution in [3.63, 3.8) is 0 Å². The maximum atomic E-state index is 13.9. The van der Waals surface area contributed by atoms with Crippen molar-refractivity contribution in [2.45, 2.75) is 12.8 Å². The van der Waals surface area contributed by atoms with Gasteiger partial charge in [0.2, 0.25) is 0 Å². The van der Waals surface area contributed by atoms with Crippen molar-refractivity contribution in [3.8, 4) is 11.5 Å². The molecule has 0 atom stereocenters. The quantitative estimate of drug-likeness (QED) is 0.670. The molecule has 2 aromatic carbocycles. The number of nitrogens with two attached hydrogens (primary N) is 1. The summed E-state index contributed by atoms with van der Waals surface area (Å²) in [4.78, 5) is 11.0. The zero-order valence-electron chi connectivity index (χ0n) is 13.0. The summed E-state index contributed by atoms with van der Waals surface area (Å²) in [5, 5.41) is 0.929. The van der Waals surface area contributed by atoms with Gasteiger partial charge >= 0.3 is 0 Å². The number of ether oxygens (including phenoxy) is 2. The number of rotatable bonds is 8. The molecular weight excluding hydrogens is 375 g/mol. The van der Waals surface area contributed by atoms with Gasteiger partial charge in [0.1, 0.15) is 17.1 Å². The summed E-state index contributed by atoms with van der Waals surface area (Å²) in [6, 6.07) is 6.96. The van der Waals surface area contributed by atoms with Crippen LogP contribution in [0.4, 0.5) is 8.78 Å². The monoisotopic (exact) mass is 389 g/mol. The molecule has 0 unspecified atom stereocenters. The highest BCUT2D eigenvalue weighted by Crippen LogP contribution is 2.27. The van der Waals surface area contributed by atoms with Crippen molar-refractivity contribution in [1.29, 1.82) is 0 Å². The van der Waals surface area contributed by atoms with Gasteiger partial charge in [0.25, 0.3) is 5.91 Å². The Bertz CT molecular complexity index is 772. The van der Waals surface area contributed by atoms with Gasteiger partial charge in [-0.25, -0.2) is 8.78 Å². The Balaban J connectivity index is 1.78. The Morgan fingerprint density at radius 1 is 1.00 bits per heavy atom. The molecule has 0 aliphatic heterocycles. The van der Waals surface area contributed by atoms with Crippen LogP contribution >= 0.6 is 23.2 Å². The fourth-order valence-electron chi connectivity index (χ4n) is 2.03. The average Bonchev–Trinajstić information content (AvgIpc) is 2.54. The van der Waals surface area contributed by atoms with Gasteiger partial charge in [0.05, 0.1) is 18.2 Å². The third-order valence-electron chi connectivity index (χ3n) is 3.25. The molecule has 2 rings (SSSR count). The van der Waals surface area contributed by atoms with Gasteiger partial charge in [0, 0.05) is 5.02 Å². The van der Waals surface area contributed by atoms with E-state index in [0.717, 1.165) is 12.1 Å². The van der Waals surface area contributed by atoms with Crippen LogP contribution in [0.2, 0.25) is 10.0 Å². The Labute approximate surface area is 153 Å². The minimum absolute atomic E-state index is 0.165. The van der Waals surface area contributed by atoms with Crippen molar-refractivity contribution >= 4 is 29.1 Å². The number of benzene rings is 2. The highest BCUT2D eigenvalue weighted by Gasteiger charge is 2.19. The maximum absolute atomic E-state index is 13.9. The van der Waals surface area contributed by atoms with Crippen LogP contribution in [0.15, 0.2) is 30.3 Å². The zero-order chi connectivity index (χ0) is 18.4. The fraction of sp³-hybridized carbons (Fsp3) is 0.235. The van der Waals surface area contributed by atoms with Crippen LogP contribution in [0.1, 0.15) is 23.2 Å². The van der Waals surface area contributed by atoms with Crippen LogP contribution in [0.25, 0.3) is 0 Å². The van der Waals surface area contributed by atoms with Crippen molar-refractivity contribution in [2.24, 2.45) is 5.73 Å². The van der Waals surface area contributed by atoms with E-state index in [4.69, 9.17) is 38.4 Å².